The number of aliphatic hydroxyl groups is 1. The second-order valence-electron chi connectivity index (χ2n) is 7.44. The van der Waals surface area contributed by atoms with Crippen molar-refractivity contribution in [2.45, 2.75) is 24.8 Å². The predicted molar refractivity (Wildman–Crippen MR) is 135 cm³/mol. The summed E-state index contributed by atoms with van der Waals surface area (Å²) in [5, 5.41) is 20.5. The molecule has 0 bridgehead atoms. The minimum absolute atomic E-state index is 0.0854. The Kier molecular flexibility index (Phi) is 9.18. The highest BCUT2D eigenvalue weighted by molar-refractivity contribution is 7.92. The molecule has 0 aliphatic carbocycles. The van der Waals surface area contributed by atoms with Crippen LogP contribution in [0.25, 0.3) is 5.70 Å². The number of aliphatic hydroxyl groups excluding tert-OH is 1. The van der Waals surface area contributed by atoms with E-state index in [-0.39, 0.29) is 21.9 Å². The first-order valence-electron chi connectivity index (χ1n) is 10.1. The number of carboxylic acids is 1. The van der Waals surface area contributed by atoms with Crippen molar-refractivity contribution in [1.82, 2.24) is 5.32 Å². The molecule has 10 nitrogen and oxygen atoms in total. The summed E-state index contributed by atoms with van der Waals surface area (Å²) >= 11 is 6.07. The summed E-state index contributed by atoms with van der Waals surface area (Å²) in [6, 6.07) is 7.84. The molecule has 12 heteroatoms. The number of nitrogens with two attached hydrogens (primary N) is 1. The van der Waals surface area contributed by atoms with Crippen molar-refractivity contribution in [3.05, 3.63) is 76.5 Å². The second-order valence-corrected chi connectivity index (χ2v) is 9.49. The van der Waals surface area contributed by atoms with Crippen molar-refractivity contribution in [2.24, 2.45) is 10.7 Å². The van der Waals surface area contributed by atoms with E-state index >= 15 is 0 Å². The van der Waals surface area contributed by atoms with Gasteiger partial charge in [-0.25, -0.2) is 13.2 Å². The van der Waals surface area contributed by atoms with Gasteiger partial charge in [0, 0.05) is 28.7 Å². The normalized spacial score (nSPS) is 12.9. The van der Waals surface area contributed by atoms with E-state index in [9.17, 15) is 18.0 Å². The number of hydrogen-bond donors (Lipinski definition) is 5. The van der Waals surface area contributed by atoms with Crippen molar-refractivity contribution in [2.75, 3.05) is 11.3 Å². The van der Waals surface area contributed by atoms with Crippen molar-refractivity contribution in [1.29, 1.82) is 0 Å². The van der Waals surface area contributed by atoms with Gasteiger partial charge in [0.2, 0.25) is 0 Å². The first kappa shape index (κ1) is 27.6. The number of halogens is 1. The third-order valence-electron chi connectivity index (χ3n) is 4.75. The first-order chi connectivity index (χ1) is 16.4. The van der Waals surface area contributed by atoms with Gasteiger partial charge in [0.05, 0.1) is 22.8 Å². The van der Waals surface area contributed by atoms with Crippen molar-refractivity contribution in [3.63, 3.8) is 0 Å². The zero-order valence-corrected chi connectivity index (χ0v) is 20.5. The van der Waals surface area contributed by atoms with E-state index in [1.165, 1.54) is 12.1 Å². The maximum atomic E-state index is 12.9. The lowest BCUT2D eigenvalue weighted by Crippen LogP contribution is -2.43. The van der Waals surface area contributed by atoms with Crippen LogP contribution in [0.4, 0.5) is 5.69 Å². The van der Waals surface area contributed by atoms with E-state index < -0.39 is 34.5 Å². The quantitative estimate of drug-likeness (QED) is 0.236. The Hall–Kier alpha value is -3.67. The minimum atomic E-state index is -3.92. The summed E-state index contributed by atoms with van der Waals surface area (Å²) in [6.45, 7) is 6.07. The molecule has 2 rings (SSSR count). The molecule has 0 fully saturated rings. The number of hydrogen-bond acceptors (Lipinski definition) is 7. The molecular weight excluding hydrogens is 496 g/mol. The number of benzene rings is 2. The Morgan fingerprint density at radius 1 is 1.23 bits per heavy atom. The monoisotopic (exact) mass is 520 g/mol. The van der Waals surface area contributed by atoms with E-state index in [4.69, 9.17) is 27.5 Å². The molecule has 0 aromatic heterocycles. The summed E-state index contributed by atoms with van der Waals surface area (Å²) in [5.74, 6) is -2.25. The van der Waals surface area contributed by atoms with Crippen LogP contribution >= 0.6 is 11.6 Å². The highest BCUT2D eigenvalue weighted by Crippen LogP contribution is 2.27. The largest absolute Gasteiger partial charge is 0.480 e. The fraction of sp³-hybridized carbons (Fsp3) is 0.174. The number of nitrogens with one attached hydrogen (secondary N) is 2. The number of aryl methyl sites for hydroxylation is 2. The lowest BCUT2D eigenvalue weighted by Gasteiger charge is -2.13. The van der Waals surface area contributed by atoms with Gasteiger partial charge in [0.15, 0.2) is 6.04 Å². The van der Waals surface area contributed by atoms with Gasteiger partial charge in [-0.05, 0) is 49.2 Å². The summed E-state index contributed by atoms with van der Waals surface area (Å²) < 4.78 is 28.4. The van der Waals surface area contributed by atoms with E-state index in [1.54, 1.807) is 38.1 Å². The molecule has 1 atom stereocenters. The highest BCUT2D eigenvalue weighted by atomic mass is 35.5. The Morgan fingerprint density at radius 3 is 2.51 bits per heavy atom. The van der Waals surface area contributed by atoms with Crippen LogP contribution in [0.3, 0.4) is 0 Å². The Morgan fingerprint density at radius 2 is 1.91 bits per heavy atom. The average molecular weight is 521 g/mol. The van der Waals surface area contributed by atoms with E-state index in [0.717, 1.165) is 12.4 Å². The van der Waals surface area contributed by atoms with Gasteiger partial charge >= 0.3 is 5.97 Å². The number of rotatable bonds is 10. The van der Waals surface area contributed by atoms with Crippen LogP contribution < -0.4 is 15.8 Å². The molecule has 0 heterocycles. The maximum absolute atomic E-state index is 12.9. The fourth-order valence-corrected chi connectivity index (χ4v) is 4.43. The van der Waals surface area contributed by atoms with Crippen LogP contribution in [0.15, 0.2) is 64.6 Å². The number of anilines is 1. The molecule has 0 unspecified atom stereocenters. The smallest absolute Gasteiger partial charge is 0.328 e. The highest BCUT2D eigenvalue weighted by Gasteiger charge is 2.20. The number of carbonyl (C=O) groups is 2. The average Bonchev–Trinajstić information content (AvgIpc) is 2.79. The van der Waals surface area contributed by atoms with Gasteiger partial charge in [0.1, 0.15) is 0 Å². The van der Waals surface area contributed by atoms with E-state index in [2.05, 4.69) is 21.6 Å². The van der Waals surface area contributed by atoms with Crippen LogP contribution in [0.2, 0.25) is 5.02 Å². The molecule has 0 radical (unpaired) electrons. The summed E-state index contributed by atoms with van der Waals surface area (Å²) in [5.41, 5.74) is 7.44. The number of aliphatic carboxylic acids is 1. The standard InChI is InChI=1S/C23H25ClN4O6S/c1-13-8-21(14(2)7-18(13)24)35(33,34)28-17-6-4-5-16(9-17)19(10-25)26-11-15(3)22(30)27-20(12-29)23(31)32/h4-11,20,28-29H,3,12,25H2,1-2H3,(H,27,30)(H,31,32)/b19-10-,26-11?/t20-/m0/s1. The van der Waals surface area contributed by atoms with Gasteiger partial charge in [-0.3, -0.25) is 14.5 Å². The SMILES string of the molecule is C=C(C=N/C(=C\N)c1cccc(NS(=O)(=O)c2cc(C)c(Cl)cc2C)c1)C(=O)N[C@@H](CO)C(=O)O. The number of carbonyl (C=O) groups excluding carboxylic acids is 1. The number of nitrogens with zero attached hydrogens (tertiary/aromatic N) is 1. The van der Waals surface area contributed by atoms with Crippen molar-refractivity contribution < 1.29 is 28.2 Å². The number of carboxylic acid groups (broad SMARTS) is 1. The van der Waals surface area contributed by atoms with Gasteiger partial charge < -0.3 is 21.3 Å². The molecule has 0 spiro atoms. The molecule has 0 aliphatic heterocycles. The lowest BCUT2D eigenvalue weighted by molar-refractivity contribution is -0.142. The molecule has 0 aliphatic rings. The lowest BCUT2D eigenvalue weighted by atomic mass is 10.1. The van der Waals surface area contributed by atoms with E-state index in [1.807, 2.05) is 0 Å². The Labute approximate surface area is 207 Å². The van der Waals surface area contributed by atoms with Gasteiger partial charge in [0.25, 0.3) is 15.9 Å². The van der Waals surface area contributed by atoms with Crippen LogP contribution in [0, 0.1) is 13.8 Å². The number of sulfonamides is 1. The van der Waals surface area contributed by atoms with Crippen LogP contribution in [-0.4, -0.2) is 49.4 Å². The molecule has 186 valence electrons. The molecular formula is C23H25ClN4O6S. The summed E-state index contributed by atoms with van der Waals surface area (Å²) in [7, 11) is -3.92. The van der Waals surface area contributed by atoms with Crippen molar-refractivity contribution in [3.8, 4) is 0 Å². The molecule has 6 N–H and O–H groups in total. The van der Waals surface area contributed by atoms with Crippen LogP contribution in [-0.2, 0) is 19.6 Å². The van der Waals surface area contributed by atoms with Crippen LogP contribution in [0.1, 0.15) is 16.7 Å². The maximum Gasteiger partial charge on any atom is 0.328 e. The Balaban J connectivity index is 2.23. The summed E-state index contributed by atoms with van der Waals surface area (Å²) in [6.07, 6.45) is 2.22. The zero-order chi connectivity index (χ0) is 26.3. The zero-order valence-electron chi connectivity index (χ0n) is 18.9. The third-order valence-corrected chi connectivity index (χ3v) is 6.68. The summed E-state index contributed by atoms with van der Waals surface area (Å²) in [4.78, 5) is 27.2. The number of amides is 1. The Bertz CT molecular complexity index is 1320. The number of aliphatic imine (C=N–C) groups is 1. The van der Waals surface area contributed by atoms with Crippen molar-refractivity contribution >= 4 is 51.1 Å². The minimum Gasteiger partial charge on any atom is -0.480 e. The third kappa shape index (κ3) is 7.15. The molecule has 0 saturated heterocycles. The molecule has 2 aromatic rings. The molecule has 0 saturated carbocycles. The van der Waals surface area contributed by atoms with Gasteiger partial charge in [-0.2, -0.15) is 0 Å². The fourth-order valence-electron chi connectivity index (χ4n) is 2.85. The van der Waals surface area contributed by atoms with Crippen LogP contribution in [0.5, 0.6) is 0 Å². The van der Waals surface area contributed by atoms with Gasteiger partial charge in [-0.1, -0.05) is 30.3 Å². The van der Waals surface area contributed by atoms with E-state index in [0.29, 0.717) is 21.7 Å². The second kappa shape index (κ2) is 11.6. The molecule has 35 heavy (non-hydrogen) atoms. The van der Waals surface area contributed by atoms with Gasteiger partial charge in [-0.15, -0.1) is 0 Å². The first-order valence-corrected chi connectivity index (χ1v) is 11.9. The molecule has 2 aromatic carbocycles. The predicted octanol–water partition coefficient (Wildman–Crippen LogP) is 2.20. The molecule has 1 amide bonds. The topological polar surface area (TPSA) is 171 Å².